The van der Waals surface area contributed by atoms with Gasteiger partial charge in [-0.05, 0) is 19.3 Å². The van der Waals surface area contributed by atoms with Crippen molar-refractivity contribution in [1.29, 1.82) is 0 Å². The number of ether oxygens (including phenoxy) is 1. The molecule has 1 amide bonds. The number of morpholine rings is 1. The van der Waals surface area contributed by atoms with E-state index in [1.807, 2.05) is 4.90 Å². The maximum atomic E-state index is 13.7. The van der Waals surface area contributed by atoms with Crippen molar-refractivity contribution >= 4 is 11.6 Å². The molecule has 6 nitrogen and oxygen atoms in total. The SMILES string of the molecule is CC(CN1CCOCC1)C(=O)N1N=C2CCCCC2C1(O)C(F)(F)F. The van der Waals surface area contributed by atoms with Crippen molar-refractivity contribution in [2.75, 3.05) is 32.8 Å². The summed E-state index contributed by atoms with van der Waals surface area (Å²) in [6, 6.07) is 0. The molecule has 9 heteroatoms. The van der Waals surface area contributed by atoms with Crippen LogP contribution in [0, 0.1) is 11.8 Å². The molecule has 0 aromatic heterocycles. The molecule has 0 bridgehead atoms. The van der Waals surface area contributed by atoms with Crippen LogP contribution in [-0.2, 0) is 9.53 Å². The lowest BCUT2D eigenvalue weighted by molar-refractivity contribution is -0.317. The molecule has 2 fully saturated rings. The first-order valence-electron chi connectivity index (χ1n) is 8.75. The van der Waals surface area contributed by atoms with Crippen molar-refractivity contribution in [3.8, 4) is 0 Å². The van der Waals surface area contributed by atoms with Crippen LogP contribution in [0.5, 0.6) is 0 Å². The van der Waals surface area contributed by atoms with Crippen LogP contribution in [0.15, 0.2) is 5.10 Å². The lowest BCUT2D eigenvalue weighted by atomic mass is 9.80. The Labute approximate surface area is 144 Å². The van der Waals surface area contributed by atoms with Crippen molar-refractivity contribution in [2.24, 2.45) is 16.9 Å². The molecule has 1 aliphatic carbocycles. The Morgan fingerprint density at radius 1 is 1.40 bits per heavy atom. The second kappa shape index (κ2) is 6.85. The van der Waals surface area contributed by atoms with Gasteiger partial charge in [0.1, 0.15) is 0 Å². The zero-order valence-electron chi connectivity index (χ0n) is 14.3. The molecule has 0 aromatic carbocycles. The fraction of sp³-hybridized carbons (Fsp3) is 0.875. The van der Waals surface area contributed by atoms with Crippen molar-refractivity contribution in [1.82, 2.24) is 9.91 Å². The molecule has 3 atom stereocenters. The Hall–Kier alpha value is -1.19. The van der Waals surface area contributed by atoms with Gasteiger partial charge in [0.15, 0.2) is 0 Å². The molecule has 3 rings (SSSR count). The fourth-order valence-electron chi connectivity index (χ4n) is 3.89. The summed E-state index contributed by atoms with van der Waals surface area (Å²) in [6.07, 6.45) is -3.04. The van der Waals surface area contributed by atoms with Gasteiger partial charge in [-0.25, -0.2) is 0 Å². The van der Waals surface area contributed by atoms with Crippen molar-refractivity contribution in [3.63, 3.8) is 0 Å². The molecule has 3 unspecified atom stereocenters. The van der Waals surface area contributed by atoms with Crippen molar-refractivity contribution in [2.45, 2.75) is 44.5 Å². The highest BCUT2D eigenvalue weighted by atomic mass is 19.4. The van der Waals surface area contributed by atoms with Gasteiger partial charge in [0.25, 0.3) is 5.72 Å². The number of carbonyl (C=O) groups is 1. The van der Waals surface area contributed by atoms with Gasteiger partial charge in [0.2, 0.25) is 5.91 Å². The molecule has 0 spiro atoms. The molecule has 2 aliphatic heterocycles. The predicted octanol–water partition coefficient (Wildman–Crippen LogP) is 1.59. The van der Waals surface area contributed by atoms with Gasteiger partial charge in [0.05, 0.1) is 19.1 Å². The number of aliphatic hydroxyl groups is 1. The monoisotopic (exact) mass is 363 g/mol. The average molecular weight is 363 g/mol. The number of hydrogen-bond acceptors (Lipinski definition) is 5. The molecule has 2 heterocycles. The highest BCUT2D eigenvalue weighted by molar-refractivity contribution is 5.93. The van der Waals surface area contributed by atoms with E-state index < -0.39 is 29.6 Å². The summed E-state index contributed by atoms with van der Waals surface area (Å²) in [7, 11) is 0. The van der Waals surface area contributed by atoms with Crippen molar-refractivity contribution < 1.29 is 27.8 Å². The molecule has 0 aromatic rings. The van der Waals surface area contributed by atoms with Gasteiger partial charge in [-0.1, -0.05) is 13.3 Å². The molecular formula is C16H24F3N3O3. The van der Waals surface area contributed by atoms with E-state index >= 15 is 0 Å². The lowest BCUT2D eigenvalue weighted by Gasteiger charge is -2.39. The van der Waals surface area contributed by atoms with Gasteiger partial charge in [-0.3, -0.25) is 9.69 Å². The van der Waals surface area contributed by atoms with Crippen LogP contribution < -0.4 is 0 Å². The molecule has 1 saturated carbocycles. The van der Waals surface area contributed by atoms with E-state index in [-0.39, 0.29) is 12.1 Å². The summed E-state index contributed by atoms with van der Waals surface area (Å²) < 4.78 is 46.3. The molecule has 3 aliphatic rings. The molecule has 1 saturated heterocycles. The Balaban J connectivity index is 1.80. The maximum Gasteiger partial charge on any atom is 0.439 e. The van der Waals surface area contributed by atoms with Crippen LogP contribution in [0.3, 0.4) is 0 Å². The minimum atomic E-state index is -4.95. The van der Waals surface area contributed by atoms with E-state index in [2.05, 4.69) is 5.10 Å². The van der Waals surface area contributed by atoms with Gasteiger partial charge in [-0.2, -0.15) is 23.3 Å². The third-order valence-electron chi connectivity index (χ3n) is 5.30. The summed E-state index contributed by atoms with van der Waals surface area (Å²) in [5, 5.41) is 14.8. The van der Waals surface area contributed by atoms with Crippen LogP contribution >= 0.6 is 0 Å². The van der Waals surface area contributed by atoms with Crippen LogP contribution in [0.25, 0.3) is 0 Å². The zero-order valence-corrected chi connectivity index (χ0v) is 14.3. The second-order valence-corrected chi connectivity index (χ2v) is 7.08. The maximum absolute atomic E-state index is 13.7. The normalized spacial score (nSPS) is 32.3. The van der Waals surface area contributed by atoms with E-state index in [9.17, 15) is 23.1 Å². The van der Waals surface area contributed by atoms with E-state index in [4.69, 9.17) is 4.74 Å². The van der Waals surface area contributed by atoms with Crippen LogP contribution in [0.4, 0.5) is 13.2 Å². The van der Waals surface area contributed by atoms with Gasteiger partial charge < -0.3 is 9.84 Å². The Kier molecular flexibility index (Phi) is 5.09. The number of halogens is 3. The smallest absolute Gasteiger partial charge is 0.379 e. The van der Waals surface area contributed by atoms with Crippen molar-refractivity contribution in [3.05, 3.63) is 0 Å². The largest absolute Gasteiger partial charge is 0.439 e. The number of fused-ring (bicyclic) bond motifs is 1. The third kappa shape index (κ3) is 3.29. The second-order valence-electron chi connectivity index (χ2n) is 7.08. The number of hydrogen-bond donors (Lipinski definition) is 1. The summed E-state index contributed by atoms with van der Waals surface area (Å²) in [4.78, 5) is 14.7. The quantitative estimate of drug-likeness (QED) is 0.827. The Morgan fingerprint density at radius 2 is 2.08 bits per heavy atom. The third-order valence-corrected chi connectivity index (χ3v) is 5.30. The standard InChI is InChI=1S/C16H24F3N3O3/c1-11(10-21-6-8-25-9-7-21)14(23)22-15(24,16(17,18)19)12-4-2-3-5-13(12)20-22/h11-12,24H,2-10H2,1H3. The van der Waals surface area contributed by atoms with Crippen LogP contribution in [0.2, 0.25) is 0 Å². The number of nitrogens with zero attached hydrogens (tertiary/aromatic N) is 3. The lowest BCUT2D eigenvalue weighted by Crippen LogP contribution is -2.62. The summed E-state index contributed by atoms with van der Waals surface area (Å²) >= 11 is 0. The van der Waals surface area contributed by atoms with E-state index in [1.165, 1.54) is 0 Å². The molecule has 1 N–H and O–H groups in total. The number of hydrazone groups is 1. The fourth-order valence-corrected chi connectivity index (χ4v) is 3.89. The first-order chi connectivity index (χ1) is 11.7. The van der Waals surface area contributed by atoms with E-state index in [1.54, 1.807) is 6.92 Å². The highest BCUT2D eigenvalue weighted by Gasteiger charge is 2.68. The van der Waals surface area contributed by atoms with Gasteiger partial charge in [0, 0.05) is 31.3 Å². The first kappa shape index (κ1) is 18.6. The highest BCUT2D eigenvalue weighted by Crippen LogP contribution is 2.48. The predicted molar refractivity (Wildman–Crippen MR) is 83.7 cm³/mol. The average Bonchev–Trinajstić information content (AvgIpc) is 2.89. The Bertz CT molecular complexity index is 548. The minimum absolute atomic E-state index is 0.191. The molecule has 142 valence electrons. The summed E-state index contributed by atoms with van der Waals surface area (Å²) in [5.41, 5.74) is -2.93. The van der Waals surface area contributed by atoms with Gasteiger partial charge in [-0.15, -0.1) is 0 Å². The van der Waals surface area contributed by atoms with Crippen LogP contribution in [-0.4, -0.2) is 71.4 Å². The summed E-state index contributed by atoms with van der Waals surface area (Å²) in [5.74, 6) is -2.63. The number of amides is 1. The topological polar surface area (TPSA) is 65.4 Å². The molecule has 25 heavy (non-hydrogen) atoms. The van der Waals surface area contributed by atoms with Gasteiger partial charge >= 0.3 is 6.18 Å². The van der Waals surface area contributed by atoms with E-state index in [0.717, 1.165) is 6.42 Å². The molecule has 0 radical (unpaired) electrons. The minimum Gasteiger partial charge on any atom is -0.379 e. The van der Waals surface area contributed by atoms with Crippen LogP contribution in [0.1, 0.15) is 32.6 Å². The first-order valence-corrected chi connectivity index (χ1v) is 8.75. The molecular weight excluding hydrogens is 339 g/mol. The Morgan fingerprint density at radius 3 is 2.72 bits per heavy atom. The number of rotatable bonds is 3. The number of carbonyl (C=O) groups excluding carboxylic acids is 1. The number of alkyl halides is 3. The van der Waals surface area contributed by atoms with E-state index in [0.29, 0.717) is 50.7 Å². The zero-order chi connectivity index (χ0) is 18.2. The summed E-state index contributed by atoms with van der Waals surface area (Å²) in [6.45, 7) is 4.26.